The van der Waals surface area contributed by atoms with Crippen LogP contribution in [-0.2, 0) is 24.5 Å². The second kappa shape index (κ2) is 7.73. The maximum absolute atomic E-state index is 12.1. The first kappa shape index (κ1) is 16.8. The molecule has 0 atom stereocenters. The minimum atomic E-state index is -0.222. The Morgan fingerprint density at radius 3 is 2.89 bits per heavy atom. The number of nitrogens with zero attached hydrogens (tertiary/aromatic N) is 4. The van der Waals surface area contributed by atoms with Gasteiger partial charge in [0.1, 0.15) is 12.3 Å². The molecule has 27 heavy (non-hydrogen) atoms. The molecule has 1 aliphatic rings. The summed E-state index contributed by atoms with van der Waals surface area (Å²) in [6, 6.07) is 14.9. The summed E-state index contributed by atoms with van der Waals surface area (Å²) in [4.78, 5) is 13.3. The van der Waals surface area contributed by atoms with Crippen LogP contribution < -0.4 is 19.5 Å². The number of nitrogens with one attached hydrogen (secondary N) is 1. The molecule has 9 nitrogen and oxygen atoms in total. The van der Waals surface area contributed by atoms with E-state index in [4.69, 9.17) is 14.2 Å². The lowest BCUT2D eigenvalue weighted by molar-refractivity contribution is -0.122. The van der Waals surface area contributed by atoms with E-state index in [-0.39, 0.29) is 25.9 Å². The standard InChI is InChI=1S/C18H17N5O4/c24-18(19-9-13-6-7-15-16(8-13)27-12-26-15)10-23-21-17(20-22-23)11-25-14-4-2-1-3-5-14/h1-8H,9-12H2,(H,19,24). The van der Waals surface area contributed by atoms with Crippen molar-refractivity contribution in [3.63, 3.8) is 0 Å². The van der Waals surface area contributed by atoms with Gasteiger partial charge in [0, 0.05) is 6.54 Å². The summed E-state index contributed by atoms with van der Waals surface area (Å²) < 4.78 is 16.1. The number of aromatic nitrogens is 4. The minimum absolute atomic E-state index is 0.0249. The molecular weight excluding hydrogens is 350 g/mol. The van der Waals surface area contributed by atoms with Crippen molar-refractivity contribution >= 4 is 5.91 Å². The zero-order valence-electron chi connectivity index (χ0n) is 14.4. The second-order valence-electron chi connectivity index (χ2n) is 5.80. The highest BCUT2D eigenvalue weighted by molar-refractivity contribution is 5.75. The molecule has 2 aromatic carbocycles. The first-order valence-corrected chi connectivity index (χ1v) is 8.36. The van der Waals surface area contributed by atoms with Crippen LogP contribution in [0.4, 0.5) is 0 Å². The molecule has 0 saturated heterocycles. The number of amides is 1. The van der Waals surface area contributed by atoms with Crippen LogP contribution in [0.3, 0.4) is 0 Å². The van der Waals surface area contributed by atoms with E-state index in [9.17, 15) is 4.79 Å². The molecule has 0 radical (unpaired) electrons. The SMILES string of the molecule is O=C(Cn1nnc(COc2ccccc2)n1)NCc1ccc2c(c1)OCO2. The van der Waals surface area contributed by atoms with Crippen molar-refractivity contribution in [1.82, 2.24) is 25.5 Å². The van der Waals surface area contributed by atoms with Crippen molar-refractivity contribution in [2.45, 2.75) is 19.7 Å². The van der Waals surface area contributed by atoms with E-state index in [1.807, 2.05) is 48.5 Å². The van der Waals surface area contributed by atoms with Gasteiger partial charge < -0.3 is 19.5 Å². The van der Waals surface area contributed by atoms with Crippen molar-refractivity contribution in [2.24, 2.45) is 0 Å². The number of fused-ring (bicyclic) bond motifs is 1. The van der Waals surface area contributed by atoms with E-state index in [0.717, 1.165) is 11.3 Å². The monoisotopic (exact) mass is 367 g/mol. The number of para-hydroxylation sites is 1. The molecule has 0 unspecified atom stereocenters. The van der Waals surface area contributed by atoms with Crippen LogP contribution in [0.5, 0.6) is 17.2 Å². The fourth-order valence-electron chi connectivity index (χ4n) is 2.50. The molecule has 0 bridgehead atoms. The Morgan fingerprint density at radius 1 is 1.15 bits per heavy atom. The Labute approximate surface area is 154 Å². The van der Waals surface area contributed by atoms with Crippen molar-refractivity contribution in [3.8, 4) is 17.2 Å². The Balaban J connectivity index is 1.25. The summed E-state index contributed by atoms with van der Waals surface area (Å²) >= 11 is 0. The van der Waals surface area contributed by atoms with Crippen LogP contribution in [0.2, 0.25) is 0 Å². The molecule has 0 spiro atoms. The van der Waals surface area contributed by atoms with E-state index in [0.29, 0.717) is 23.9 Å². The lowest BCUT2D eigenvalue weighted by Gasteiger charge is -2.05. The van der Waals surface area contributed by atoms with Gasteiger partial charge in [0.2, 0.25) is 18.5 Å². The molecule has 138 valence electrons. The third-order valence-corrected chi connectivity index (χ3v) is 3.82. The maximum Gasteiger partial charge on any atom is 0.243 e. The molecule has 0 aliphatic carbocycles. The van der Waals surface area contributed by atoms with Crippen LogP contribution >= 0.6 is 0 Å². The number of benzene rings is 2. The summed E-state index contributed by atoms with van der Waals surface area (Å²) in [5, 5.41) is 14.7. The molecular formula is C18H17N5O4. The molecule has 1 aliphatic heterocycles. The molecule has 1 amide bonds. The number of carbonyl (C=O) groups is 1. The van der Waals surface area contributed by atoms with Gasteiger partial charge in [0.05, 0.1) is 0 Å². The number of rotatable bonds is 7. The normalized spacial score (nSPS) is 12.0. The lowest BCUT2D eigenvalue weighted by Crippen LogP contribution is -2.28. The fourth-order valence-corrected chi connectivity index (χ4v) is 2.50. The largest absolute Gasteiger partial charge is 0.485 e. The topological polar surface area (TPSA) is 100 Å². The molecule has 0 fully saturated rings. The van der Waals surface area contributed by atoms with Crippen LogP contribution in [0.1, 0.15) is 11.4 Å². The van der Waals surface area contributed by atoms with Gasteiger partial charge in [-0.15, -0.1) is 10.2 Å². The van der Waals surface area contributed by atoms with Crippen molar-refractivity contribution < 1.29 is 19.0 Å². The van der Waals surface area contributed by atoms with Crippen LogP contribution in [-0.4, -0.2) is 32.9 Å². The van der Waals surface area contributed by atoms with Gasteiger partial charge in [-0.05, 0) is 35.0 Å². The molecule has 1 N–H and O–H groups in total. The maximum atomic E-state index is 12.1. The van der Waals surface area contributed by atoms with Gasteiger partial charge in [0.15, 0.2) is 18.1 Å². The predicted octanol–water partition coefficient (Wildman–Crippen LogP) is 1.30. The Bertz CT molecular complexity index is 929. The molecule has 0 saturated carbocycles. The second-order valence-corrected chi connectivity index (χ2v) is 5.80. The molecule has 3 aromatic rings. The third-order valence-electron chi connectivity index (χ3n) is 3.82. The first-order valence-electron chi connectivity index (χ1n) is 8.36. The van der Waals surface area contributed by atoms with Crippen LogP contribution in [0.25, 0.3) is 0 Å². The third kappa shape index (κ3) is 4.32. The van der Waals surface area contributed by atoms with E-state index in [1.165, 1.54) is 4.80 Å². The zero-order chi connectivity index (χ0) is 18.5. The van der Waals surface area contributed by atoms with E-state index < -0.39 is 0 Å². The van der Waals surface area contributed by atoms with Crippen LogP contribution in [0, 0.1) is 0 Å². The summed E-state index contributed by atoms with van der Waals surface area (Å²) in [5.74, 6) is 2.29. The minimum Gasteiger partial charge on any atom is -0.485 e. The van der Waals surface area contributed by atoms with Gasteiger partial charge in [-0.1, -0.05) is 24.3 Å². The summed E-state index contributed by atoms with van der Waals surface area (Å²) in [5.41, 5.74) is 0.913. The summed E-state index contributed by atoms with van der Waals surface area (Å²) in [6.07, 6.45) is 0. The Hall–Kier alpha value is -3.62. The van der Waals surface area contributed by atoms with Gasteiger partial charge >= 0.3 is 0 Å². The number of hydrogen-bond donors (Lipinski definition) is 1. The first-order chi connectivity index (χ1) is 13.3. The van der Waals surface area contributed by atoms with E-state index in [1.54, 1.807) is 0 Å². The number of hydrogen-bond acceptors (Lipinski definition) is 7. The Morgan fingerprint density at radius 2 is 2.00 bits per heavy atom. The van der Waals surface area contributed by atoms with Crippen molar-refractivity contribution in [1.29, 1.82) is 0 Å². The highest BCUT2D eigenvalue weighted by Crippen LogP contribution is 2.32. The van der Waals surface area contributed by atoms with E-state index >= 15 is 0 Å². The highest BCUT2D eigenvalue weighted by atomic mass is 16.7. The predicted molar refractivity (Wildman–Crippen MR) is 93.0 cm³/mol. The molecule has 2 heterocycles. The lowest BCUT2D eigenvalue weighted by atomic mass is 10.2. The van der Waals surface area contributed by atoms with Crippen molar-refractivity contribution in [2.75, 3.05) is 6.79 Å². The number of ether oxygens (including phenoxy) is 3. The zero-order valence-corrected chi connectivity index (χ0v) is 14.4. The van der Waals surface area contributed by atoms with Crippen LogP contribution in [0.15, 0.2) is 48.5 Å². The number of carbonyl (C=O) groups excluding carboxylic acids is 1. The molecule has 1 aromatic heterocycles. The quantitative estimate of drug-likeness (QED) is 0.672. The fraction of sp³-hybridized carbons (Fsp3) is 0.222. The van der Waals surface area contributed by atoms with Gasteiger partial charge in [-0.2, -0.15) is 4.80 Å². The molecule has 9 heteroatoms. The van der Waals surface area contributed by atoms with E-state index in [2.05, 4.69) is 20.7 Å². The number of tetrazole rings is 1. The summed E-state index contributed by atoms with van der Waals surface area (Å²) in [7, 11) is 0. The Kier molecular flexibility index (Phi) is 4.82. The van der Waals surface area contributed by atoms with Gasteiger partial charge in [0.25, 0.3) is 0 Å². The van der Waals surface area contributed by atoms with Gasteiger partial charge in [-0.3, -0.25) is 4.79 Å². The summed E-state index contributed by atoms with van der Waals surface area (Å²) in [6.45, 7) is 0.749. The van der Waals surface area contributed by atoms with Gasteiger partial charge in [-0.25, -0.2) is 0 Å². The molecule has 4 rings (SSSR count). The average Bonchev–Trinajstić information content (AvgIpc) is 3.34. The average molecular weight is 367 g/mol. The smallest absolute Gasteiger partial charge is 0.243 e. The highest BCUT2D eigenvalue weighted by Gasteiger charge is 2.14. The van der Waals surface area contributed by atoms with Crippen molar-refractivity contribution in [3.05, 3.63) is 59.9 Å².